The maximum Gasteiger partial charge on any atom is 0.311 e. The molecule has 3 rings (SSSR count). The molecule has 1 aromatic carbocycles. The molecule has 0 radical (unpaired) electrons. The van der Waals surface area contributed by atoms with Gasteiger partial charge in [-0.15, -0.1) is 12.4 Å². The van der Waals surface area contributed by atoms with E-state index in [2.05, 4.69) is 26.1 Å². The van der Waals surface area contributed by atoms with Crippen molar-refractivity contribution in [3.05, 3.63) is 29.8 Å². The summed E-state index contributed by atoms with van der Waals surface area (Å²) in [5, 5.41) is 12.7. The molecule has 6 heteroatoms. The summed E-state index contributed by atoms with van der Waals surface area (Å²) in [6.45, 7) is 7.81. The van der Waals surface area contributed by atoms with Crippen molar-refractivity contribution in [1.29, 1.82) is 0 Å². The fraction of sp³-hybridized carbons (Fsp3) is 0.600. The summed E-state index contributed by atoms with van der Waals surface area (Å²) in [6, 6.07) is 7.87. The third-order valence-corrected chi connectivity index (χ3v) is 5.74. The van der Waals surface area contributed by atoms with Crippen molar-refractivity contribution in [1.82, 2.24) is 4.90 Å². The Morgan fingerprint density at radius 3 is 2.62 bits per heavy atom. The third-order valence-electron chi connectivity index (χ3n) is 5.74. The quantitative estimate of drug-likeness (QED) is 0.838. The number of aliphatic carboxylic acids is 1. The molecule has 1 aromatic rings. The van der Waals surface area contributed by atoms with Gasteiger partial charge in [-0.1, -0.05) is 45.4 Å². The van der Waals surface area contributed by atoms with Crippen LogP contribution in [0.4, 0.5) is 5.69 Å². The first-order chi connectivity index (χ1) is 11.7. The Balaban J connectivity index is 0.00000243. The van der Waals surface area contributed by atoms with E-state index in [1.807, 2.05) is 29.2 Å². The first-order valence-corrected chi connectivity index (χ1v) is 9.07. The summed E-state index contributed by atoms with van der Waals surface area (Å²) in [6.07, 6.45) is 2.67. The van der Waals surface area contributed by atoms with Gasteiger partial charge < -0.3 is 10.4 Å². The van der Waals surface area contributed by atoms with Gasteiger partial charge in [-0.3, -0.25) is 14.5 Å². The van der Waals surface area contributed by atoms with Crippen molar-refractivity contribution in [2.75, 3.05) is 25.0 Å². The summed E-state index contributed by atoms with van der Waals surface area (Å²) in [7, 11) is 0. The van der Waals surface area contributed by atoms with Gasteiger partial charge >= 0.3 is 5.97 Å². The number of nitrogens with zero attached hydrogens (tertiary/aromatic N) is 1. The van der Waals surface area contributed by atoms with Crippen LogP contribution in [0.2, 0.25) is 0 Å². The number of carbonyl (C=O) groups excluding carboxylic acids is 1. The van der Waals surface area contributed by atoms with Gasteiger partial charge in [0.05, 0.1) is 12.0 Å². The molecule has 2 atom stereocenters. The topological polar surface area (TPSA) is 69.6 Å². The van der Waals surface area contributed by atoms with Crippen molar-refractivity contribution < 1.29 is 14.7 Å². The number of carboxylic acid groups (broad SMARTS) is 1. The Hall–Kier alpha value is -1.59. The van der Waals surface area contributed by atoms with Crippen molar-refractivity contribution in [2.45, 2.75) is 45.4 Å². The fourth-order valence-electron chi connectivity index (χ4n) is 4.50. The van der Waals surface area contributed by atoms with Crippen LogP contribution in [0.25, 0.3) is 0 Å². The molecule has 1 aliphatic heterocycles. The molecule has 0 unspecified atom stereocenters. The molecule has 0 spiro atoms. The van der Waals surface area contributed by atoms with Gasteiger partial charge in [0.25, 0.3) is 0 Å². The molecule has 2 fully saturated rings. The molecular weight excluding hydrogens is 352 g/mol. The van der Waals surface area contributed by atoms with E-state index in [0.29, 0.717) is 13.1 Å². The molecule has 2 N–H and O–H groups in total. The van der Waals surface area contributed by atoms with Gasteiger partial charge in [-0.25, -0.2) is 0 Å². The van der Waals surface area contributed by atoms with Crippen LogP contribution in [0.1, 0.15) is 45.6 Å². The van der Waals surface area contributed by atoms with Crippen LogP contribution in [0.5, 0.6) is 0 Å². The summed E-state index contributed by atoms with van der Waals surface area (Å²) in [5.74, 6) is -0.590. The lowest BCUT2D eigenvalue weighted by Crippen LogP contribution is -2.37. The number of fused-ring (bicyclic) bond motifs is 1. The van der Waals surface area contributed by atoms with Crippen LogP contribution in [0.15, 0.2) is 24.3 Å². The van der Waals surface area contributed by atoms with Crippen LogP contribution < -0.4 is 5.32 Å². The predicted molar refractivity (Wildman–Crippen MR) is 105 cm³/mol. The number of amides is 1. The average molecular weight is 381 g/mol. The number of anilines is 1. The lowest BCUT2D eigenvalue weighted by molar-refractivity contribution is -0.149. The highest BCUT2D eigenvalue weighted by molar-refractivity contribution is 5.93. The maximum atomic E-state index is 12.5. The van der Waals surface area contributed by atoms with Crippen LogP contribution in [-0.2, 0) is 15.0 Å². The number of benzene rings is 1. The monoisotopic (exact) mass is 380 g/mol. The standard InChI is InChI=1S/C20H28N2O3.ClH/c1-19(2,3)15-8-4-5-9-16(15)21-17(23)12-22-11-14-7-6-10-20(14,13-22)18(24)25;/h4-5,8-9,14H,6-7,10-13H2,1-3H3,(H,21,23)(H,24,25);1H/t14-,20+;/m0./s1. The zero-order valence-electron chi connectivity index (χ0n) is 15.7. The lowest BCUT2D eigenvalue weighted by Gasteiger charge is -2.24. The second kappa shape index (κ2) is 7.57. The average Bonchev–Trinajstić information content (AvgIpc) is 3.04. The number of para-hydroxylation sites is 1. The first-order valence-electron chi connectivity index (χ1n) is 9.07. The Morgan fingerprint density at radius 2 is 2.00 bits per heavy atom. The number of halogens is 1. The molecule has 1 heterocycles. The Labute approximate surface area is 161 Å². The molecule has 144 valence electrons. The number of carbonyl (C=O) groups is 2. The van der Waals surface area contributed by atoms with Crippen molar-refractivity contribution in [3.63, 3.8) is 0 Å². The molecule has 1 saturated heterocycles. The number of rotatable bonds is 4. The maximum absolute atomic E-state index is 12.5. The molecule has 1 aliphatic carbocycles. The highest BCUT2D eigenvalue weighted by Gasteiger charge is 2.54. The lowest BCUT2D eigenvalue weighted by atomic mass is 9.81. The third kappa shape index (κ3) is 3.89. The largest absolute Gasteiger partial charge is 0.481 e. The van der Waals surface area contributed by atoms with E-state index < -0.39 is 11.4 Å². The van der Waals surface area contributed by atoms with E-state index in [1.54, 1.807) is 0 Å². The second-order valence-electron chi connectivity index (χ2n) is 8.56. The first kappa shape index (κ1) is 20.7. The number of nitrogens with one attached hydrogen (secondary N) is 1. The van der Waals surface area contributed by atoms with Crippen molar-refractivity contribution >= 4 is 30.0 Å². The molecule has 5 nitrogen and oxygen atoms in total. The number of hydrogen-bond acceptors (Lipinski definition) is 3. The van der Waals surface area contributed by atoms with Gasteiger partial charge in [-0.2, -0.15) is 0 Å². The van der Waals surface area contributed by atoms with E-state index in [9.17, 15) is 14.7 Å². The van der Waals surface area contributed by atoms with E-state index in [1.165, 1.54) is 0 Å². The van der Waals surface area contributed by atoms with Crippen molar-refractivity contribution in [3.8, 4) is 0 Å². The summed E-state index contributed by atoms with van der Waals surface area (Å²) in [4.78, 5) is 26.3. The number of carboxylic acids is 1. The van der Waals surface area contributed by atoms with Crippen LogP contribution in [0.3, 0.4) is 0 Å². The highest BCUT2D eigenvalue weighted by Crippen LogP contribution is 2.48. The molecule has 1 amide bonds. The van der Waals surface area contributed by atoms with Gasteiger partial charge in [0.1, 0.15) is 0 Å². The van der Waals surface area contributed by atoms with E-state index in [4.69, 9.17) is 0 Å². The minimum Gasteiger partial charge on any atom is -0.481 e. The summed E-state index contributed by atoms with van der Waals surface area (Å²) < 4.78 is 0. The van der Waals surface area contributed by atoms with E-state index in [0.717, 1.165) is 30.5 Å². The summed E-state index contributed by atoms with van der Waals surface area (Å²) >= 11 is 0. The zero-order valence-corrected chi connectivity index (χ0v) is 16.6. The molecule has 1 saturated carbocycles. The summed E-state index contributed by atoms with van der Waals surface area (Å²) in [5.41, 5.74) is 1.25. The smallest absolute Gasteiger partial charge is 0.311 e. The van der Waals surface area contributed by atoms with E-state index >= 15 is 0 Å². The van der Waals surface area contributed by atoms with Gasteiger partial charge in [0, 0.05) is 18.8 Å². The Kier molecular flexibility index (Phi) is 6.03. The van der Waals surface area contributed by atoms with Gasteiger partial charge in [-0.05, 0) is 35.8 Å². The van der Waals surface area contributed by atoms with Crippen molar-refractivity contribution in [2.24, 2.45) is 11.3 Å². The predicted octanol–water partition coefficient (Wildman–Crippen LogP) is 3.53. The second-order valence-corrected chi connectivity index (χ2v) is 8.56. The minimum atomic E-state index is -0.698. The fourth-order valence-corrected chi connectivity index (χ4v) is 4.50. The molecular formula is C20H29ClN2O3. The molecule has 2 aliphatic rings. The Morgan fingerprint density at radius 1 is 1.31 bits per heavy atom. The van der Waals surface area contributed by atoms with Gasteiger partial charge in [0.15, 0.2) is 0 Å². The van der Waals surface area contributed by atoms with Crippen LogP contribution >= 0.6 is 12.4 Å². The Bertz CT molecular complexity index is 686. The minimum absolute atomic E-state index is 0. The SMILES string of the molecule is CC(C)(C)c1ccccc1NC(=O)CN1C[C@@H]2CCC[C@@]2(C(=O)O)C1.Cl. The molecule has 26 heavy (non-hydrogen) atoms. The highest BCUT2D eigenvalue weighted by atomic mass is 35.5. The van der Waals surface area contributed by atoms with Gasteiger partial charge in [0.2, 0.25) is 5.91 Å². The normalized spacial score (nSPS) is 25.4. The number of likely N-dealkylation sites (tertiary alicyclic amines) is 1. The molecule has 0 aromatic heterocycles. The van der Waals surface area contributed by atoms with E-state index in [-0.39, 0.29) is 36.2 Å². The number of hydrogen-bond donors (Lipinski definition) is 2. The zero-order chi connectivity index (χ0) is 18.2. The van der Waals surface area contributed by atoms with Crippen LogP contribution in [0, 0.1) is 11.3 Å². The van der Waals surface area contributed by atoms with Crippen LogP contribution in [-0.4, -0.2) is 41.5 Å². The molecule has 0 bridgehead atoms.